The fraction of sp³-hybridized carbons (Fsp3) is 0.500. The summed E-state index contributed by atoms with van der Waals surface area (Å²) < 4.78 is 5.43. The number of piperazine rings is 1. The molecular weight excluding hydrogens is 450 g/mol. The van der Waals surface area contributed by atoms with E-state index in [2.05, 4.69) is 10.2 Å². The molecule has 1 saturated heterocycles. The third-order valence-corrected chi connectivity index (χ3v) is 8.19. The monoisotopic (exact) mass is 481 g/mol. The zero-order valence-electron chi connectivity index (χ0n) is 19.6. The summed E-state index contributed by atoms with van der Waals surface area (Å²) in [7, 11) is 1.57. The first-order valence-corrected chi connectivity index (χ1v) is 13.0. The highest BCUT2D eigenvalue weighted by molar-refractivity contribution is 7.17. The van der Waals surface area contributed by atoms with E-state index in [9.17, 15) is 14.4 Å². The first kappa shape index (κ1) is 23.1. The maximum Gasteiger partial charge on any atom is 0.239 e. The van der Waals surface area contributed by atoms with Crippen molar-refractivity contribution in [2.45, 2.75) is 38.5 Å². The van der Waals surface area contributed by atoms with Crippen molar-refractivity contribution < 1.29 is 19.1 Å². The number of thiophene rings is 1. The van der Waals surface area contributed by atoms with Crippen LogP contribution in [-0.4, -0.2) is 67.2 Å². The van der Waals surface area contributed by atoms with Crippen molar-refractivity contribution in [1.82, 2.24) is 9.80 Å². The third kappa shape index (κ3) is 4.74. The standard InChI is InChI=1S/C26H31N3O4S/c1-33-20-8-4-2-6-18(20)24(31)23-19-7-3-5-9-21(19)34-25(23)27-22(30)16-28-12-14-29(15-13-28)26(32)17-10-11-17/h2,4,6,8,17H,3,5,7,9-16H2,1H3,(H,27,30). The number of nitrogens with one attached hydrogen (secondary N) is 1. The van der Waals surface area contributed by atoms with Crippen LogP contribution >= 0.6 is 11.3 Å². The van der Waals surface area contributed by atoms with E-state index in [0.717, 1.165) is 44.1 Å². The van der Waals surface area contributed by atoms with Gasteiger partial charge in [-0.1, -0.05) is 12.1 Å². The number of rotatable bonds is 7. The number of hydrogen-bond donors (Lipinski definition) is 1. The minimum absolute atomic E-state index is 0.0978. The van der Waals surface area contributed by atoms with Gasteiger partial charge in [-0.3, -0.25) is 19.3 Å². The first-order valence-electron chi connectivity index (χ1n) is 12.2. The Balaban J connectivity index is 1.30. The number of amides is 2. The number of para-hydroxylation sites is 1. The summed E-state index contributed by atoms with van der Waals surface area (Å²) in [5.74, 6) is 0.833. The predicted octanol–water partition coefficient (Wildman–Crippen LogP) is 3.36. The van der Waals surface area contributed by atoms with Gasteiger partial charge in [-0.05, 0) is 56.2 Å². The zero-order valence-corrected chi connectivity index (χ0v) is 20.4. The maximum absolute atomic E-state index is 13.6. The first-order chi connectivity index (χ1) is 16.5. The number of aryl methyl sites for hydroxylation is 1. The quantitative estimate of drug-likeness (QED) is 0.614. The average molecular weight is 482 g/mol. The highest BCUT2D eigenvalue weighted by atomic mass is 32.1. The topological polar surface area (TPSA) is 79.0 Å². The number of carbonyl (C=O) groups excluding carboxylic acids is 3. The van der Waals surface area contributed by atoms with E-state index in [-0.39, 0.29) is 30.1 Å². The van der Waals surface area contributed by atoms with Crippen LogP contribution in [0.1, 0.15) is 52.0 Å². The molecular formula is C26H31N3O4S. The Labute approximate surface area is 204 Å². The molecule has 2 heterocycles. The van der Waals surface area contributed by atoms with Gasteiger partial charge in [-0.25, -0.2) is 0 Å². The second-order valence-electron chi connectivity index (χ2n) is 9.37. The van der Waals surface area contributed by atoms with Gasteiger partial charge in [0.05, 0.1) is 24.8 Å². The molecule has 0 bridgehead atoms. The van der Waals surface area contributed by atoms with Crippen molar-refractivity contribution in [3.05, 3.63) is 45.8 Å². The summed E-state index contributed by atoms with van der Waals surface area (Å²) in [6.45, 7) is 3.00. The van der Waals surface area contributed by atoms with Crippen LogP contribution in [0.15, 0.2) is 24.3 Å². The summed E-state index contributed by atoms with van der Waals surface area (Å²) >= 11 is 1.54. The Bertz CT molecular complexity index is 1100. The Morgan fingerprint density at radius 1 is 1.06 bits per heavy atom. The van der Waals surface area contributed by atoms with Crippen molar-refractivity contribution in [2.24, 2.45) is 5.92 Å². The molecule has 3 aliphatic rings. The van der Waals surface area contributed by atoms with Gasteiger partial charge in [0.25, 0.3) is 0 Å². The summed E-state index contributed by atoms with van der Waals surface area (Å²) in [5.41, 5.74) is 2.22. The van der Waals surface area contributed by atoms with Crippen molar-refractivity contribution in [1.29, 1.82) is 0 Å². The lowest BCUT2D eigenvalue weighted by Crippen LogP contribution is -2.50. The number of anilines is 1. The summed E-state index contributed by atoms with van der Waals surface area (Å²) in [6, 6.07) is 7.25. The van der Waals surface area contributed by atoms with Crippen molar-refractivity contribution >= 4 is 33.9 Å². The van der Waals surface area contributed by atoms with E-state index in [0.29, 0.717) is 48.1 Å². The number of ether oxygens (including phenoxy) is 1. The second kappa shape index (κ2) is 9.88. The smallest absolute Gasteiger partial charge is 0.239 e. The summed E-state index contributed by atoms with van der Waals surface area (Å²) in [6.07, 6.45) is 5.98. The van der Waals surface area contributed by atoms with Crippen LogP contribution in [0.5, 0.6) is 5.75 Å². The van der Waals surface area contributed by atoms with Crippen LogP contribution in [0.3, 0.4) is 0 Å². The maximum atomic E-state index is 13.6. The Hall–Kier alpha value is -2.71. The van der Waals surface area contributed by atoms with Gasteiger partial charge in [0.2, 0.25) is 11.8 Å². The predicted molar refractivity (Wildman–Crippen MR) is 132 cm³/mol. The van der Waals surface area contributed by atoms with Gasteiger partial charge in [0.15, 0.2) is 5.78 Å². The van der Waals surface area contributed by atoms with Gasteiger partial charge in [-0.2, -0.15) is 0 Å². The molecule has 2 aromatic rings. The lowest BCUT2D eigenvalue weighted by molar-refractivity contribution is -0.134. The zero-order chi connectivity index (χ0) is 23.7. The fourth-order valence-corrected chi connectivity index (χ4v) is 6.25. The molecule has 7 nitrogen and oxygen atoms in total. The van der Waals surface area contributed by atoms with Gasteiger partial charge < -0.3 is 15.0 Å². The normalized spacial score (nSPS) is 18.3. The average Bonchev–Trinajstić information content (AvgIpc) is 3.65. The number of hydrogen-bond acceptors (Lipinski definition) is 6. The molecule has 1 aromatic heterocycles. The summed E-state index contributed by atoms with van der Waals surface area (Å²) in [4.78, 5) is 44.1. The molecule has 8 heteroatoms. The fourth-order valence-electron chi connectivity index (χ4n) is 4.95. The molecule has 34 heavy (non-hydrogen) atoms. The lowest BCUT2D eigenvalue weighted by atomic mass is 9.91. The number of ketones is 1. The van der Waals surface area contributed by atoms with E-state index in [1.807, 2.05) is 17.0 Å². The molecule has 1 saturated carbocycles. The number of methoxy groups -OCH3 is 1. The molecule has 1 aromatic carbocycles. The van der Waals surface area contributed by atoms with Crippen molar-refractivity contribution in [3.63, 3.8) is 0 Å². The second-order valence-corrected chi connectivity index (χ2v) is 10.5. The van der Waals surface area contributed by atoms with Gasteiger partial charge in [0.1, 0.15) is 10.8 Å². The molecule has 0 spiro atoms. The molecule has 5 rings (SSSR count). The Morgan fingerprint density at radius 3 is 2.53 bits per heavy atom. The highest BCUT2D eigenvalue weighted by Gasteiger charge is 2.35. The van der Waals surface area contributed by atoms with Crippen LogP contribution in [0, 0.1) is 5.92 Å². The van der Waals surface area contributed by atoms with Crippen molar-refractivity contribution in [3.8, 4) is 5.75 Å². The molecule has 1 N–H and O–H groups in total. The Morgan fingerprint density at radius 2 is 1.79 bits per heavy atom. The van der Waals surface area contributed by atoms with Gasteiger partial charge in [-0.15, -0.1) is 11.3 Å². The SMILES string of the molecule is COc1ccccc1C(=O)c1c(NC(=O)CN2CCN(C(=O)C3CC3)CC2)sc2c1CCCC2. The molecule has 0 radical (unpaired) electrons. The molecule has 2 fully saturated rings. The molecule has 0 unspecified atom stereocenters. The van der Waals surface area contributed by atoms with E-state index in [4.69, 9.17) is 4.74 Å². The summed E-state index contributed by atoms with van der Waals surface area (Å²) in [5, 5.41) is 3.71. The third-order valence-electron chi connectivity index (χ3n) is 6.98. The number of benzene rings is 1. The van der Waals surface area contributed by atoms with Crippen LogP contribution in [0.2, 0.25) is 0 Å². The minimum atomic E-state index is -0.116. The molecule has 1 aliphatic heterocycles. The number of carbonyl (C=O) groups is 3. The molecule has 2 amide bonds. The minimum Gasteiger partial charge on any atom is -0.496 e. The van der Waals surface area contributed by atoms with E-state index < -0.39 is 0 Å². The van der Waals surface area contributed by atoms with Gasteiger partial charge in [0, 0.05) is 37.0 Å². The number of nitrogens with zero attached hydrogens (tertiary/aromatic N) is 2. The molecule has 0 atom stereocenters. The number of fused-ring (bicyclic) bond motifs is 1. The van der Waals surface area contributed by atoms with E-state index in [1.54, 1.807) is 19.2 Å². The van der Waals surface area contributed by atoms with Crippen LogP contribution < -0.4 is 10.1 Å². The van der Waals surface area contributed by atoms with Crippen LogP contribution in [0.4, 0.5) is 5.00 Å². The lowest BCUT2D eigenvalue weighted by Gasteiger charge is -2.34. The van der Waals surface area contributed by atoms with Gasteiger partial charge >= 0.3 is 0 Å². The Kier molecular flexibility index (Phi) is 6.70. The molecule has 180 valence electrons. The highest BCUT2D eigenvalue weighted by Crippen LogP contribution is 2.40. The van der Waals surface area contributed by atoms with Crippen LogP contribution in [0.25, 0.3) is 0 Å². The van der Waals surface area contributed by atoms with Crippen LogP contribution in [-0.2, 0) is 22.4 Å². The van der Waals surface area contributed by atoms with Crippen molar-refractivity contribution in [2.75, 3.05) is 45.2 Å². The van der Waals surface area contributed by atoms with E-state index >= 15 is 0 Å². The van der Waals surface area contributed by atoms with E-state index in [1.165, 1.54) is 16.2 Å². The molecule has 2 aliphatic carbocycles. The largest absolute Gasteiger partial charge is 0.496 e.